The SMILES string of the molecule is Cc1ccc(N(CC(C)C)CC2CCCN2)nc1. The van der Waals surface area contributed by atoms with Crippen LogP contribution in [0.2, 0.25) is 0 Å². The molecule has 100 valence electrons. The fourth-order valence-electron chi connectivity index (χ4n) is 2.53. The van der Waals surface area contributed by atoms with E-state index in [1.807, 2.05) is 6.20 Å². The number of rotatable bonds is 5. The molecule has 1 aromatic heterocycles. The summed E-state index contributed by atoms with van der Waals surface area (Å²) < 4.78 is 0. The van der Waals surface area contributed by atoms with Crippen LogP contribution >= 0.6 is 0 Å². The Labute approximate surface area is 111 Å². The summed E-state index contributed by atoms with van der Waals surface area (Å²) in [4.78, 5) is 7.00. The van der Waals surface area contributed by atoms with E-state index in [-0.39, 0.29) is 0 Å². The van der Waals surface area contributed by atoms with Crippen molar-refractivity contribution in [3.05, 3.63) is 23.9 Å². The van der Waals surface area contributed by atoms with E-state index in [0.717, 1.165) is 18.9 Å². The zero-order valence-electron chi connectivity index (χ0n) is 11.8. The van der Waals surface area contributed by atoms with Crippen LogP contribution in [0, 0.1) is 12.8 Å². The molecule has 1 unspecified atom stereocenters. The third kappa shape index (κ3) is 3.70. The monoisotopic (exact) mass is 247 g/mol. The number of aryl methyl sites for hydroxylation is 1. The van der Waals surface area contributed by atoms with Gasteiger partial charge in [-0.3, -0.25) is 0 Å². The van der Waals surface area contributed by atoms with E-state index in [0.29, 0.717) is 12.0 Å². The molecule has 3 nitrogen and oxygen atoms in total. The minimum absolute atomic E-state index is 0.631. The number of hydrogen-bond acceptors (Lipinski definition) is 3. The first-order valence-electron chi connectivity index (χ1n) is 7.06. The lowest BCUT2D eigenvalue weighted by Crippen LogP contribution is -2.39. The van der Waals surface area contributed by atoms with Gasteiger partial charge in [0.15, 0.2) is 0 Å². The maximum atomic E-state index is 4.57. The maximum Gasteiger partial charge on any atom is 0.128 e. The summed E-state index contributed by atoms with van der Waals surface area (Å²) >= 11 is 0. The summed E-state index contributed by atoms with van der Waals surface area (Å²) in [6.45, 7) is 9.94. The first-order chi connectivity index (χ1) is 8.65. The van der Waals surface area contributed by atoms with Crippen LogP contribution in [-0.2, 0) is 0 Å². The molecule has 1 aliphatic heterocycles. The molecule has 1 aliphatic rings. The predicted molar refractivity (Wildman–Crippen MR) is 77.0 cm³/mol. The van der Waals surface area contributed by atoms with E-state index >= 15 is 0 Å². The lowest BCUT2D eigenvalue weighted by atomic mass is 10.1. The van der Waals surface area contributed by atoms with Crippen molar-refractivity contribution >= 4 is 5.82 Å². The van der Waals surface area contributed by atoms with Gasteiger partial charge in [0.05, 0.1) is 0 Å². The Bertz CT molecular complexity index is 353. The largest absolute Gasteiger partial charge is 0.355 e. The average molecular weight is 247 g/mol. The summed E-state index contributed by atoms with van der Waals surface area (Å²) in [5.41, 5.74) is 1.22. The fraction of sp³-hybridized carbons (Fsp3) is 0.667. The summed E-state index contributed by atoms with van der Waals surface area (Å²) in [7, 11) is 0. The molecular formula is C15H25N3. The standard InChI is InChI=1S/C15H25N3/c1-12(2)10-18(11-14-5-4-8-16-14)15-7-6-13(3)9-17-15/h6-7,9,12,14,16H,4-5,8,10-11H2,1-3H3. The molecule has 2 rings (SSSR count). The highest BCUT2D eigenvalue weighted by molar-refractivity contribution is 5.39. The highest BCUT2D eigenvalue weighted by Gasteiger charge is 2.19. The van der Waals surface area contributed by atoms with Gasteiger partial charge in [-0.05, 0) is 43.9 Å². The van der Waals surface area contributed by atoms with Crippen molar-refractivity contribution < 1.29 is 0 Å². The second kappa shape index (κ2) is 6.19. The minimum Gasteiger partial charge on any atom is -0.355 e. The van der Waals surface area contributed by atoms with Crippen LogP contribution < -0.4 is 10.2 Å². The second-order valence-electron chi connectivity index (χ2n) is 5.79. The zero-order chi connectivity index (χ0) is 13.0. The van der Waals surface area contributed by atoms with Gasteiger partial charge >= 0.3 is 0 Å². The van der Waals surface area contributed by atoms with Gasteiger partial charge < -0.3 is 10.2 Å². The third-order valence-electron chi connectivity index (χ3n) is 3.41. The molecule has 1 atom stereocenters. The average Bonchev–Trinajstić information content (AvgIpc) is 2.81. The van der Waals surface area contributed by atoms with Gasteiger partial charge in [-0.1, -0.05) is 19.9 Å². The van der Waals surface area contributed by atoms with Crippen LogP contribution in [0.5, 0.6) is 0 Å². The Morgan fingerprint density at radius 2 is 2.28 bits per heavy atom. The summed E-state index contributed by atoms with van der Waals surface area (Å²) in [5.74, 6) is 1.78. The van der Waals surface area contributed by atoms with E-state index in [1.165, 1.54) is 24.9 Å². The van der Waals surface area contributed by atoms with Gasteiger partial charge in [-0.2, -0.15) is 0 Å². The number of nitrogens with one attached hydrogen (secondary N) is 1. The lowest BCUT2D eigenvalue weighted by Gasteiger charge is -2.28. The maximum absolute atomic E-state index is 4.57. The highest BCUT2D eigenvalue weighted by Crippen LogP contribution is 2.16. The van der Waals surface area contributed by atoms with Crippen molar-refractivity contribution in [3.63, 3.8) is 0 Å². The fourth-order valence-corrected chi connectivity index (χ4v) is 2.53. The molecule has 0 spiro atoms. The van der Waals surface area contributed by atoms with Gasteiger partial charge in [0.1, 0.15) is 5.82 Å². The summed E-state index contributed by atoms with van der Waals surface area (Å²) in [6.07, 6.45) is 4.56. The molecule has 2 heterocycles. The number of anilines is 1. The molecule has 0 saturated carbocycles. The van der Waals surface area contributed by atoms with Gasteiger partial charge in [0.25, 0.3) is 0 Å². The van der Waals surface area contributed by atoms with Crippen LogP contribution in [0.15, 0.2) is 18.3 Å². The first-order valence-corrected chi connectivity index (χ1v) is 7.06. The molecule has 1 fully saturated rings. The molecule has 18 heavy (non-hydrogen) atoms. The van der Waals surface area contributed by atoms with Gasteiger partial charge in [0, 0.05) is 25.3 Å². The van der Waals surface area contributed by atoms with Crippen LogP contribution in [0.3, 0.4) is 0 Å². The second-order valence-corrected chi connectivity index (χ2v) is 5.79. The van der Waals surface area contributed by atoms with Crippen molar-refractivity contribution in [2.24, 2.45) is 5.92 Å². The van der Waals surface area contributed by atoms with Gasteiger partial charge in [-0.25, -0.2) is 4.98 Å². The summed E-state index contributed by atoms with van der Waals surface area (Å²) in [5, 5.41) is 3.57. The molecule has 1 aromatic rings. The van der Waals surface area contributed by atoms with Crippen molar-refractivity contribution in [2.45, 2.75) is 39.7 Å². The van der Waals surface area contributed by atoms with Crippen LogP contribution in [0.4, 0.5) is 5.82 Å². The predicted octanol–water partition coefficient (Wildman–Crippen LogP) is 2.60. The Morgan fingerprint density at radius 1 is 1.44 bits per heavy atom. The molecule has 0 bridgehead atoms. The smallest absolute Gasteiger partial charge is 0.128 e. The molecule has 1 saturated heterocycles. The number of nitrogens with zero attached hydrogens (tertiary/aromatic N) is 2. The van der Waals surface area contributed by atoms with Crippen LogP contribution in [0.25, 0.3) is 0 Å². The molecule has 0 radical (unpaired) electrons. The molecule has 3 heteroatoms. The Balaban J connectivity index is 2.05. The number of hydrogen-bond donors (Lipinski definition) is 1. The number of pyridine rings is 1. The van der Waals surface area contributed by atoms with E-state index in [2.05, 4.69) is 48.1 Å². The van der Waals surface area contributed by atoms with Crippen LogP contribution in [0.1, 0.15) is 32.3 Å². The zero-order valence-corrected chi connectivity index (χ0v) is 11.8. The third-order valence-corrected chi connectivity index (χ3v) is 3.41. The van der Waals surface area contributed by atoms with Gasteiger partial charge in [0.2, 0.25) is 0 Å². The minimum atomic E-state index is 0.631. The topological polar surface area (TPSA) is 28.2 Å². The van der Waals surface area contributed by atoms with Crippen molar-refractivity contribution in [2.75, 3.05) is 24.5 Å². The van der Waals surface area contributed by atoms with E-state index in [4.69, 9.17) is 0 Å². The number of aromatic nitrogens is 1. The van der Waals surface area contributed by atoms with Crippen LogP contribution in [-0.4, -0.2) is 30.7 Å². The van der Waals surface area contributed by atoms with Gasteiger partial charge in [-0.15, -0.1) is 0 Å². The molecule has 1 N–H and O–H groups in total. The highest BCUT2D eigenvalue weighted by atomic mass is 15.2. The quantitative estimate of drug-likeness (QED) is 0.867. The Morgan fingerprint density at radius 3 is 2.83 bits per heavy atom. The summed E-state index contributed by atoms with van der Waals surface area (Å²) in [6, 6.07) is 4.93. The molecule has 0 aliphatic carbocycles. The lowest BCUT2D eigenvalue weighted by molar-refractivity contribution is 0.537. The van der Waals surface area contributed by atoms with Crippen molar-refractivity contribution in [1.82, 2.24) is 10.3 Å². The molecule has 0 amide bonds. The Hall–Kier alpha value is -1.09. The van der Waals surface area contributed by atoms with E-state index < -0.39 is 0 Å². The molecule has 0 aromatic carbocycles. The van der Waals surface area contributed by atoms with E-state index in [9.17, 15) is 0 Å². The molecular weight excluding hydrogens is 222 g/mol. The first kappa shape index (κ1) is 13.3. The van der Waals surface area contributed by atoms with E-state index in [1.54, 1.807) is 0 Å². The Kier molecular flexibility index (Phi) is 4.59. The normalized spacial score (nSPS) is 19.4. The van der Waals surface area contributed by atoms with Crippen molar-refractivity contribution in [1.29, 1.82) is 0 Å². The van der Waals surface area contributed by atoms with Crippen molar-refractivity contribution in [3.8, 4) is 0 Å².